The van der Waals surface area contributed by atoms with E-state index in [0.717, 1.165) is 12.1 Å². The molecular formula is C13H15F2NO2. The molecule has 1 aromatic rings. The third-order valence-electron chi connectivity index (χ3n) is 3.54. The average Bonchev–Trinajstić information content (AvgIpc) is 2.35. The Morgan fingerprint density at radius 3 is 2.50 bits per heavy atom. The number of halogens is 2. The summed E-state index contributed by atoms with van der Waals surface area (Å²) >= 11 is 0. The summed E-state index contributed by atoms with van der Waals surface area (Å²) in [6, 6.07) is 3.58. The van der Waals surface area contributed by atoms with Gasteiger partial charge in [-0.25, -0.2) is 8.78 Å². The maximum Gasteiger partial charge on any atom is 0.310 e. The van der Waals surface area contributed by atoms with E-state index in [2.05, 4.69) is 5.32 Å². The van der Waals surface area contributed by atoms with Gasteiger partial charge in [0.15, 0.2) is 11.6 Å². The molecule has 0 aliphatic carbocycles. The van der Waals surface area contributed by atoms with Gasteiger partial charge in [0.25, 0.3) is 0 Å². The maximum absolute atomic E-state index is 13.1. The van der Waals surface area contributed by atoms with Crippen molar-refractivity contribution in [1.29, 1.82) is 0 Å². The summed E-state index contributed by atoms with van der Waals surface area (Å²) in [4.78, 5) is 11.4. The maximum atomic E-state index is 13.1. The van der Waals surface area contributed by atoms with Crippen molar-refractivity contribution in [3.63, 3.8) is 0 Å². The van der Waals surface area contributed by atoms with Gasteiger partial charge in [-0.2, -0.15) is 0 Å². The number of carboxylic acids is 1. The molecule has 5 heteroatoms. The summed E-state index contributed by atoms with van der Waals surface area (Å²) in [5.41, 5.74) is -0.339. The Hall–Kier alpha value is -1.49. The van der Waals surface area contributed by atoms with Crippen molar-refractivity contribution in [1.82, 2.24) is 5.32 Å². The number of nitrogens with one attached hydrogen (secondary N) is 1. The largest absolute Gasteiger partial charge is 0.481 e. The van der Waals surface area contributed by atoms with E-state index in [1.165, 1.54) is 6.07 Å². The van der Waals surface area contributed by atoms with Crippen LogP contribution < -0.4 is 5.32 Å². The second-order valence-corrected chi connectivity index (χ2v) is 4.76. The standard InChI is InChI=1S/C13H15F2NO2/c14-10-2-1-9(7-11(10)15)8-13(12(17)18)3-5-16-6-4-13/h1-2,7,16H,3-6,8H2,(H,17,18). The molecule has 2 rings (SSSR count). The van der Waals surface area contributed by atoms with Crippen molar-refractivity contribution in [2.75, 3.05) is 13.1 Å². The second-order valence-electron chi connectivity index (χ2n) is 4.76. The molecule has 1 saturated heterocycles. The third-order valence-corrected chi connectivity index (χ3v) is 3.54. The predicted molar refractivity (Wildman–Crippen MR) is 62.2 cm³/mol. The van der Waals surface area contributed by atoms with Crippen LogP contribution in [0.4, 0.5) is 8.78 Å². The highest BCUT2D eigenvalue weighted by molar-refractivity contribution is 5.75. The number of hydrogen-bond donors (Lipinski definition) is 2. The van der Waals surface area contributed by atoms with Gasteiger partial charge in [0.2, 0.25) is 0 Å². The highest BCUT2D eigenvalue weighted by Crippen LogP contribution is 2.33. The van der Waals surface area contributed by atoms with Crippen molar-refractivity contribution >= 4 is 5.97 Å². The Bertz CT molecular complexity index is 456. The van der Waals surface area contributed by atoms with Gasteiger partial charge in [-0.05, 0) is 50.0 Å². The Morgan fingerprint density at radius 2 is 1.94 bits per heavy atom. The first-order chi connectivity index (χ1) is 8.53. The van der Waals surface area contributed by atoms with E-state index in [0.29, 0.717) is 31.5 Å². The van der Waals surface area contributed by atoms with Gasteiger partial charge in [0.1, 0.15) is 0 Å². The van der Waals surface area contributed by atoms with Crippen molar-refractivity contribution in [3.8, 4) is 0 Å². The molecule has 3 nitrogen and oxygen atoms in total. The van der Waals surface area contributed by atoms with Crippen LogP contribution in [0, 0.1) is 17.0 Å². The number of rotatable bonds is 3. The highest BCUT2D eigenvalue weighted by atomic mass is 19.2. The fraction of sp³-hybridized carbons (Fsp3) is 0.462. The van der Waals surface area contributed by atoms with Crippen LogP contribution in [-0.4, -0.2) is 24.2 Å². The number of carbonyl (C=O) groups is 1. The summed E-state index contributed by atoms with van der Waals surface area (Å²) < 4.78 is 26.0. The highest BCUT2D eigenvalue weighted by Gasteiger charge is 2.39. The zero-order chi connectivity index (χ0) is 13.2. The molecule has 2 N–H and O–H groups in total. The van der Waals surface area contributed by atoms with Gasteiger partial charge in [-0.1, -0.05) is 6.07 Å². The van der Waals surface area contributed by atoms with Crippen LogP contribution in [0.5, 0.6) is 0 Å². The molecule has 98 valence electrons. The SMILES string of the molecule is O=C(O)C1(Cc2ccc(F)c(F)c2)CCNCC1. The van der Waals surface area contributed by atoms with E-state index >= 15 is 0 Å². The fourth-order valence-corrected chi connectivity index (χ4v) is 2.41. The molecule has 0 bridgehead atoms. The molecule has 0 spiro atoms. The van der Waals surface area contributed by atoms with Crippen LogP contribution >= 0.6 is 0 Å². The van der Waals surface area contributed by atoms with Crippen LogP contribution in [-0.2, 0) is 11.2 Å². The van der Waals surface area contributed by atoms with Gasteiger partial charge < -0.3 is 10.4 Å². The quantitative estimate of drug-likeness (QED) is 0.868. The van der Waals surface area contributed by atoms with Crippen LogP contribution in [0.2, 0.25) is 0 Å². The molecule has 0 saturated carbocycles. The number of piperidine rings is 1. The minimum absolute atomic E-state index is 0.237. The minimum Gasteiger partial charge on any atom is -0.481 e. The predicted octanol–water partition coefficient (Wildman–Crippen LogP) is 1.96. The van der Waals surface area contributed by atoms with Crippen LogP contribution in [0.1, 0.15) is 18.4 Å². The normalized spacial score (nSPS) is 18.6. The van der Waals surface area contributed by atoms with E-state index in [4.69, 9.17) is 0 Å². The van der Waals surface area contributed by atoms with Crippen molar-refractivity contribution < 1.29 is 18.7 Å². The molecule has 0 unspecified atom stereocenters. The van der Waals surface area contributed by atoms with Gasteiger partial charge >= 0.3 is 5.97 Å². The topological polar surface area (TPSA) is 49.3 Å². The van der Waals surface area contributed by atoms with Crippen LogP contribution in [0.15, 0.2) is 18.2 Å². The molecule has 0 amide bonds. The first-order valence-corrected chi connectivity index (χ1v) is 5.92. The zero-order valence-electron chi connectivity index (χ0n) is 9.88. The number of aliphatic carboxylic acids is 1. The van der Waals surface area contributed by atoms with Crippen molar-refractivity contribution in [2.24, 2.45) is 5.41 Å². The molecule has 1 aliphatic heterocycles. The second kappa shape index (κ2) is 5.02. The van der Waals surface area contributed by atoms with Gasteiger partial charge in [-0.3, -0.25) is 4.79 Å². The van der Waals surface area contributed by atoms with E-state index in [1.54, 1.807) is 0 Å². The third kappa shape index (κ3) is 2.51. The van der Waals surface area contributed by atoms with E-state index in [9.17, 15) is 18.7 Å². The molecule has 0 aromatic heterocycles. The van der Waals surface area contributed by atoms with Crippen molar-refractivity contribution in [3.05, 3.63) is 35.4 Å². The zero-order valence-corrected chi connectivity index (χ0v) is 9.88. The Labute approximate surface area is 104 Å². The van der Waals surface area contributed by atoms with E-state index in [-0.39, 0.29) is 6.42 Å². The van der Waals surface area contributed by atoms with Crippen LogP contribution in [0.3, 0.4) is 0 Å². The van der Waals surface area contributed by atoms with Crippen molar-refractivity contribution in [2.45, 2.75) is 19.3 Å². The number of carboxylic acid groups (broad SMARTS) is 1. The van der Waals surface area contributed by atoms with E-state index in [1.807, 2.05) is 0 Å². The average molecular weight is 255 g/mol. The molecule has 1 aliphatic rings. The lowest BCUT2D eigenvalue weighted by Gasteiger charge is -2.33. The number of benzene rings is 1. The lowest BCUT2D eigenvalue weighted by atomic mass is 9.74. The molecule has 0 radical (unpaired) electrons. The molecule has 1 aromatic carbocycles. The Kier molecular flexibility index (Phi) is 3.61. The smallest absolute Gasteiger partial charge is 0.310 e. The lowest BCUT2D eigenvalue weighted by molar-refractivity contribution is -0.150. The summed E-state index contributed by atoms with van der Waals surface area (Å²) in [6.07, 6.45) is 1.24. The van der Waals surface area contributed by atoms with Gasteiger partial charge in [0, 0.05) is 0 Å². The summed E-state index contributed by atoms with van der Waals surface area (Å²) in [7, 11) is 0. The molecule has 1 fully saturated rings. The first-order valence-electron chi connectivity index (χ1n) is 5.92. The monoisotopic (exact) mass is 255 g/mol. The molecular weight excluding hydrogens is 240 g/mol. The summed E-state index contributed by atoms with van der Waals surface area (Å²) in [5, 5.41) is 12.5. The molecule has 18 heavy (non-hydrogen) atoms. The summed E-state index contributed by atoms with van der Waals surface area (Å²) in [5.74, 6) is -2.70. The van der Waals surface area contributed by atoms with E-state index < -0.39 is 23.0 Å². The Morgan fingerprint density at radius 1 is 1.28 bits per heavy atom. The molecule has 1 heterocycles. The first kappa shape index (κ1) is 13.0. The Balaban J connectivity index is 2.23. The number of hydrogen-bond acceptors (Lipinski definition) is 2. The van der Waals surface area contributed by atoms with Gasteiger partial charge in [-0.15, -0.1) is 0 Å². The fourth-order valence-electron chi connectivity index (χ4n) is 2.41. The molecule has 0 atom stereocenters. The van der Waals surface area contributed by atoms with Gasteiger partial charge in [0.05, 0.1) is 5.41 Å². The van der Waals surface area contributed by atoms with Crippen LogP contribution in [0.25, 0.3) is 0 Å². The minimum atomic E-state index is -0.929. The lowest BCUT2D eigenvalue weighted by Crippen LogP contribution is -2.43. The summed E-state index contributed by atoms with van der Waals surface area (Å²) in [6.45, 7) is 1.27.